The fourth-order valence-corrected chi connectivity index (χ4v) is 0.161. The van der Waals surface area contributed by atoms with Crippen LogP contribution in [0.5, 0.6) is 0 Å². The molecule has 0 aliphatic carbocycles. The minimum absolute atomic E-state index is 0. The largest absolute Gasteiger partial charge is 0.489 e. The molecule has 1 radical (unpaired) electrons. The average Bonchev–Trinajstić information content (AvgIpc) is 2.10. The van der Waals surface area contributed by atoms with Gasteiger partial charge in [0, 0.05) is 32.7 Å². The van der Waals surface area contributed by atoms with Gasteiger partial charge in [0.15, 0.2) is 5.97 Å². The van der Waals surface area contributed by atoms with Crippen molar-refractivity contribution in [3.63, 3.8) is 0 Å². The Morgan fingerprint density at radius 3 is 1.24 bits per heavy atom. The zero-order chi connectivity index (χ0) is 12.6. The molecule has 0 aromatic heterocycles. The Balaban J connectivity index is -0.0000000164. The zero-order valence-corrected chi connectivity index (χ0v) is 14.7. The second-order valence-electron chi connectivity index (χ2n) is 2.54. The standard InChI is InChI=1S/C4H7O2.C4H10.2C2H6.2CH4.Y/c1-3-6-4(2)5;1-4(2)3;2*1-2;;;/h2-3H2,1H3;4H,1-3H3;2*1-2H3;2*1H4;/q-1;;;;;;. The van der Waals surface area contributed by atoms with E-state index in [0.29, 0.717) is 6.61 Å². The van der Waals surface area contributed by atoms with E-state index >= 15 is 0 Å². The smallest absolute Gasteiger partial charge is 0.164 e. The molecule has 0 atom stereocenters. The molecule has 0 bridgehead atoms. The van der Waals surface area contributed by atoms with Crippen LogP contribution in [0.1, 0.15) is 70.2 Å². The second-order valence-corrected chi connectivity index (χ2v) is 2.54. The van der Waals surface area contributed by atoms with Gasteiger partial charge in [-0.05, 0) is 12.8 Å². The van der Waals surface area contributed by atoms with Gasteiger partial charge in [-0.25, -0.2) is 0 Å². The van der Waals surface area contributed by atoms with Gasteiger partial charge < -0.3 is 4.74 Å². The Morgan fingerprint density at radius 2 is 1.24 bits per heavy atom. The first-order valence-electron chi connectivity index (χ1n) is 5.49. The molecule has 109 valence electrons. The number of ether oxygens (including phenoxy) is 1. The average molecular weight is 326 g/mol. The van der Waals surface area contributed by atoms with E-state index in [9.17, 15) is 4.79 Å². The fourth-order valence-electron chi connectivity index (χ4n) is 0.161. The monoisotopic (exact) mass is 326 g/mol. The van der Waals surface area contributed by atoms with Crippen molar-refractivity contribution in [3.8, 4) is 0 Å². The molecule has 0 fully saturated rings. The molecule has 0 saturated heterocycles. The summed E-state index contributed by atoms with van der Waals surface area (Å²) in [5.41, 5.74) is 0. The molecule has 0 saturated carbocycles. The predicted octanol–water partition coefficient (Wildman–Crippen LogP) is 5.37. The number of hydrogen-bond donors (Lipinski definition) is 0. The molecule has 0 rings (SSSR count). The van der Waals surface area contributed by atoms with Gasteiger partial charge in [0.05, 0.1) is 6.61 Å². The minimum Gasteiger partial charge on any atom is -0.489 e. The molecular weight excluding hydrogens is 289 g/mol. The topological polar surface area (TPSA) is 26.3 Å². The number of carbonyl (C=O) groups excluding carboxylic acids is 1. The van der Waals surface area contributed by atoms with E-state index in [1.165, 1.54) is 0 Å². The van der Waals surface area contributed by atoms with Gasteiger partial charge in [0.25, 0.3) is 0 Å². The molecular formula is C14H37O2Y-. The summed E-state index contributed by atoms with van der Waals surface area (Å²) in [5.74, 6) is 0.373. The molecule has 0 aliphatic heterocycles. The van der Waals surface area contributed by atoms with E-state index in [2.05, 4.69) is 32.4 Å². The summed E-state index contributed by atoms with van der Waals surface area (Å²) in [5, 5.41) is 0. The molecule has 0 spiro atoms. The van der Waals surface area contributed by atoms with Crippen molar-refractivity contribution in [2.24, 2.45) is 5.92 Å². The van der Waals surface area contributed by atoms with Gasteiger partial charge in [-0.1, -0.05) is 63.3 Å². The molecule has 0 N–H and O–H groups in total. The molecule has 0 aromatic carbocycles. The molecule has 0 unspecified atom stereocenters. The first-order chi connectivity index (χ1) is 6.50. The summed E-state index contributed by atoms with van der Waals surface area (Å²) >= 11 is 0. The summed E-state index contributed by atoms with van der Waals surface area (Å²) in [6, 6.07) is 0. The molecule has 17 heavy (non-hydrogen) atoms. The third kappa shape index (κ3) is 289. The van der Waals surface area contributed by atoms with E-state index in [4.69, 9.17) is 0 Å². The number of hydrogen-bond acceptors (Lipinski definition) is 2. The van der Waals surface area contributed by atoms with Crippen LogP contribution < -0.4 is 0 Å². The van der Waals surface area contributed by atoms with Crippen LogP contribution in [-0.4, -0.2) is 12.6 Å². The minimum atomic E-state index is -0.461. The van der Waals surface area contributed by atoms with Crippen molar-refractivity contribution >= 4 is 5.97 Å². The van der Waals surface area contributed by atoms with Crippen LogP contribution in [0.2, 0.25) is 0 Å². The van der Waals surface area contributed by atoms with Crippen LogP contribution in [0.4, 0.5) is 0 Å². The summed E-state index contributed by atoms with van der Waals surface area (Å²) in [4.78, 5) is 9.71. The summed E-state index contributed by atoms with van der Waals surface area (Å²) in [6.07, 6.45) is 0. The van der Waals surface area contributed by atoms with Crippen molar-refractivity contribution in [2.45, 2.75) is 70.2 Å². The van der Waals surface area contributed by atoms with Crippen LogP contribution in [0, 0.1) is 12.8 Å². The molecule has 0 aromatic rings. The Bertz CT molecular complexity index is 81.5. The maximum atomic E-state index is 9.71. The number of esters is 1. The van der Waals surface area contributed by atoms with Gasteiger partial charge in [0.1, 0.15) is 0 Å². The molecule has 0 amide bonds. The van der Waals surface area contributed by atoms with E-state index in [1.807, 2.05) is 27.7 Å². The normalized spacial score (nSPS) is 5.47. The van der Waals surface area contributed by atoms with Gasteiger partial charge in [-0.3, -0.25) is 11.7 Å². The Morgan fingerprint density at radius 1 is 1.06 bits per heavy atom. The molecule has 0 aliphatic rings. The summed E-state index contributed by atoms with van der Waals surface area (Å²) in [6.45, 7) is 19.6. The SMILES string of the molecule is C.C.CC.CC.CC(C)C.[CH2-]C(=O)OCC.[Y]. The summed E-state index contributed by atoms with van der Waals surface area (Å²) < 4.78 is 4.29. The van der Waals surface area contributed by atoms with E-state index in [1.54, 1.807) is 6.92 Å². The summed E-state index contributed by atoms with van der Waals surface area (Å²) in [7, 11) is 0. The predicted molar refractivity (Wildman–Crippen MR) is 78.7 cm³/mol. The van der Waals surface area contributed by atoms with Crippen LogP contribution in [0.25, 0.3) is 0 Å². The number of carbonyl (C=O) groups is 1. The van der Waals surface area contributed by atoms with Crippen molar-refractivity contribution in [1.29, 1.82) is 0 Å². The maximum Gasteiger partial charge on any atom is 0.164 e. The molecule has 3 heteroatoms. The van der Waals surface area contributed by atoms with Gasteiger partial charge in [-0.2, -0.15) is 0 Å². The Labute approximate surface area is 137 Å². The third-order valence-electron chi connectivity index (χ3n) is 0.305. The molecule has 2 nitrogen and oxygen atoms in total. The maximum absolute atomic E-state index is 9.71. The number of rotatable bonds is 1. The van der Waals surface area contributed by atoms with E-state index in [0.717, 1.165) is 5.92 Å². The fraction of sp³-hybridized carbons (Fsp3) is 0.857. The first-order valence-corrected chi connectivity index (χ1v) is 5.49. The van der Waals surface area contributed by atoms with Crippen molar-refractivity contribution < 1.29 is 42.2 Å². The zero-order valence-electron chi connectivity index (χ0n) is 11.9. The Hall–Kier alpha value is 0.444. The van der Waals surface area contributed by atoms with Crippen molar-refractivity contribution in [3.05, 3.63) is 6.92 Å². The van der Waals surface area contributed by atoms with E-state index in [-0.39, 0.29) is 47.6 Å². The van der Waals surface area contributed by atoms with Crippen molar-refractivity contribution in [1.82, 2.24) is 0 Å². The van der Waals surface area contributed by atoms with Gasteiger partial charge in [-0.15, -0.1) is 0 Å². The van der Waals surface area contributed by atoms with Gasteiger partial charge >= 0.3 is 0 Å². The first kappa shape index (κ1) is 43.2. The quantitative estimate of drug-likeness (QED) is 0.478. The van der Waals surface area contributed by atoms with Crippen LogP contribution >= 0.6 is 0 Å². The molecule has 0 heterocycles. The van der Waals surface area contributed by atoms with Crippen molar-refractivity contribution in [2.75, 3.05) is 6.61 Å². The third-order valence-corrected chi connectivity index (χ3v) is 0.305. The van der Waals surface area contributed by atoms with E-state index < -0.39 is 5.97 Å². The Kier molecular flexibility index (Phi) is 140. The van der Waals surface area contributed by atoms with Crippen LogP contribution in [0.3, 0.4) is 0 Å². The van der Waals surface area contributed by atoms with Crippen LogP contribution in [-0.2, 0) is 42.2 Å². The second kappa shape index (κ2) is 55.0. The van der Waals surface area contributed by atoms with Crippen LogP contribution in [0.15, 0.2) is 0 Å². The van der Waals surface area contributed by atoms with Gasteiger partial charge in [0.2, 0.25) is 0 Å².